The van der Waals surface area contributed by atoms with Gasteiger partial charge in [0.25, 0.3) is 0 Å². The standard InChI is InChI=1S/C16H28OSi/c1-16(11-7-5-6-8-14-17)12-9-15(10-13-16)18(2,3)4/h7,9-13,15,17H,5-6,8,14H2,1-4H3/b11-7+. The van der Waals surface area contributed by atoms with Gasteiger partial charge in [0.2, 0.25) is 0 Å². The van der Waals surface area contributed by atoms with Gasteiger partial charge in [0.05, 0.1) is 8.07 Å². The summed E-state index contributed by atoms with van der Waals surface area (Å²) in [6, 6.07) is 0. The Morgan fingerprint density at radius 2 is 1.78 bits per heavy atom. The zero-order valence-corrected chi connectivity index (χ0v) is 13.3. The fourth-order valence-corrected chi connectivity index (χ4v) is 3.49. The van der Waals surface area contributed by atoms with Crippen LogP contribution >= 0.6 is 0 Å². The van der Waals surface area contributed by atoms with Gasteiger partial charge < -0.3 is 5.11 Å². The van der Waals surface area contributed by atoms with Gasteiger partial charge in [0.1, 0.15) is 0 Å². The van der Waals surface area contributed by atoms with E-state index in [1.165, 1.54) is 0 Å². The molecule has 1 N–H and O–H groups in total. The zero-order chi connectivity index (χ0) is 13.6. The molecule has 1 nitrogen and oxygen atoms in total. The highest BCUT2D eigenvalue weighted by molar-refractivity contribution is 6.78. The highest BCUT2D eigenvalue weighted by Crippen LogP contribution is 2.35. The molecule has 0 aliphatic heterocycles. The maximum atomic E-state index is 8.73. The minimum Gasteiger partial charge on any atom is -0.396 e. The van der Waals surface area contributed by atoms with E-state index in [1.54, 1.807) is 0 Å². The van der Waals surface area contributed by atoms with Crippen LogP contribution in [0.4, 0.5) is 0 Å². The molecule has 0 atom stereocenters. The number of aliphatic hydroxyl groups is 1. The van der Waals surface area contributed by atoms with Crippen molar-refractivity contribution in [3.63, 3.8) is 0 Å². The highest BCUT2D eigenvalue weighted by atomic mass is 28.3. The lowest BCUT2D eigenvalue weighted by atomic mass is 9.85. The summed E-state index contributed by atoms with van der Waals surface area (Å²) < 4.78 is 0. The highest BCUT2D eigenvalue weighted by Gasteiger charge is 2.26. The van der Waals surface area contributed by atoms with Crippen molar-refractivity contribution in [3.8, 4) is 0 Å². The topological polar surface area (TPSA) is 20.2 Å². The molecule has 0 saturated heterocycles. The molecule has 0 spiro atoms. The van der Waals surface area contributed by atoms with Gasteiger partial charge in [-0.25, -0.2) is 0 Å². The summed E-state index contributed by atoms with van der Waals surface area (Å²) in [5.74, 6) is 0. The van der Waals surface area contributed by atoms with E-state index in [4.69, 9.17) is 5.11 Å². The zero-order valence-electron chi connectivity index (χ0n) is 12.3. The van der Waals surface area contributed by atoms with E-state index in [1.807, 2.05) is 0 Å². The minimum atomic E-state index is -1.09. The number of rotatable bonds is 6. The van der Waals surface area contributed by atoms with Crippen LogP contribution in [0.25, 0.3) is 0 Å². The van der Waals surface area contributed by atoms with Crippen LogP contribution in [-0.2, 0) is 0 Å². The average Bonchev–Trinajstić information content (AvgIpc) is 2.28. The second-order valence-corrected chi connectivity index (χ2v) is 12.0. The largest absolute Gasteiger partial charge is 0.396 e. The smallest absolute Gasteiger partial charge is 0.0557 e. The van der Waals surface area contributed by atoms with Gasteiger partial charge in [-0.1, -0.05) is 56.1 Å². The first-order valence-corrected chi connectivity index (χ1v) is 10.6. The van der Waals surface area contributed by atoms with E-state index in [2.05, 4.69) is 63.0 Å². The molecule has 0 aromatic heterocycles. The van der Waals surface area contributed by atoms with Crippen LogP contribution in [0.3, 0.4) is 0 Å². The number of aliphatic hydroxyl groups excluding tert-OH is 1. The molecule has 1 rings (SSSR count). The maximum absolute atomic E-state index is 8.73. The average molecular weight is 264 g/mol. The molecule has 0 heterocycles. The van der Waals surface area contributed by atoms with E-state index in [-0.39, 0.29) is 5.41 Å². The molecule has 0 amide bonds. The monoisotopic (exact) mass is 264 g/mol. The summed E-state index contributed by atoms with van der Waals surface area (Å²) in [7, 11) is -1.09. The normalized spacial score (nSPS) is 28.2. The van der Waals surface area contributed by atoms with Crippen LogP contribution in [0.2, 0.25) is 25.2 Å². The summed E-state index contributed by atoms with van der Waals surface area (Å²) in [4.78, 5) is 0. The third-order valence-corrected chi connectivity index (χ3v) is 5.97. The molecule has 0 aromatic carbocycles. The number of hydrogen-bond donors (Lipinski definition) is 1. The Kier molecular flexibility index (Phi) is 5.61. The lowest BCUT2D eigenvalue weighted by molar-refractivity contribution is 0.285. The Morgan fingerprint density at radius 1 is 1.17 bits per heavy atom. The van der Waals surface area contributed by atoms with Crippen molar-refractivity contribution in [1.82, 2.24) is 0 Å². The van der Waals surface area contributed by atoms with Crippen LogP contribution in [0.5, 0.6) is 0 Å². The van der Waals surface area contributed by atoms with Crippen molar-refractivity contribution in [2.24, 2.45) is 5.41 Å². The third-order valence-electron chi connectivity index (χ3n) is 3.58. The van der Waals surface area contributed by atoms with Crippen LogP contribution < -0.4 is 0 Å². The first kappa shape index (κ1) is 15.5. The second-order valence-electron chi connectivity index (χ2n) is 6.60. The predicted molar refractivity (Wildman–Crippen MR) is 83.6 cm³/mol. The van der Waals surface area contributed by atoms with E-state index in [0.29, 0.717) is 12.1 Å². The fourth-order valence-electron chi connectivity index (χ4n) is 2.14. The van der Waals surface area contributed by atoms with Crippen LogP contribution in [-0.4, -0.2) is 19.8 Å². The summed E-state index contributed by atoms with van der Waals surface area (Å²) in [6.07, 6.45) is 17.1. The van der Waals surface area contributed by atoms with Gasteiger partial charge in [-0.15, -0.1) is 0 Å². The summed E-state index contributed by atoms with van der Waals surface area (Å²) in [5, 5.41) is 8.73. The van der Waals surface area contributed by atoms with Crippen molar-refractivity contribution >= 4 is 8.07 Å². The quantitative estimate of drug-likeness (QED) is 0.424. The van der Waals surface area contributed by atoms with E-state index >= 15 is 0 Å². The van der Waals surface area contributed by atoms with Crippen molar-refractivity contribution in [3.05, 3.63) is 36.5 Å². The first-order valence-electron chi connectivity index (χ1n) is 7.05. The maximum Gasteiger partial charge on any atom is 0.0557 e. The Hall–Kier alpha value is -0.603. The van der Waals surface area contributed by atoms with Crippen LogP contribution in [0.15, 0.2) is 36.5 Å². The molecule has 102 valence electrons. The SMILES string of the molecule is CC1(/C=C/CCCCO)C=CC([Si](C)(C)C)C=C1. The van der Waals surface area contributed by atoms with E-state index < -0.39 is 8.07 Å². The fraction of sp³-hybridized carbons (Fsp3) is 0.625. The van der Waals surface area contributed by atoms with Crippen molar-refractivity contribution in [1.29, 1.82) is 0 Å². The van der Waals surface area contributed by atoms with Gasteiger partial charge in [-0.2, -0.15) is 0 Å². The summed E-state index contributed by atoms with van der Waals surface area (Å²) >= 11 is 0. The third kappa shape index (κ3) is 4.95. The lowest BCUT2D eigenvalue weighted by Gasteiger charge is -2.30. The van der Waals surface area contributed by atoms with E-state index in [0.717, 1.165) is 19.3 Å². The lowest BCUT2D eigenvalue weighted by Crippen LogP contribution is -2.27. The summed E-state index contributed by atoms with van der Waals surface area (Å²) in [5.41, 5.74) is 0.767. The molecule has 0 bridgehead atoms. The Labute approximate surface area is 113 Å². The Balaban J connectivity index is 2.51. The number of allylic oxidation sites excluding steroid dienone is 6. The van der Waals surface area contributed by atoms with Gasteiger partial charge in [0, 0.05) is 12.0 Å². The van der Waals surface area contributed by atoms with Gasteiger partial charge in [-0.3, -0.25) is 0 Å². The van der Waals surface area contributed by atoms with E-state index in [9.17, 15) is 0 Å². The molecule has 0 saturated carbocycles. The molecule has 1 aliphatic carbocycles. The first-order chi connectivity index (χ1) is 8.37. The van der Waals surface area contributed by atoms with Gasteiger partial charge >= 0.3 is 0 Å². The Bertz CT molecular complexity index is 319. The molecule has 0 radical (unpaired) electrons. The molecule has 2 heteroatoms. The molecule has 0 aromatic rings. The predicted octanol–water partition coefficient (Wildman–Crippen LogP) is 4.55. The van der Waals surface area contributed by atoms with Gasteiger partial charge in [-0.05, 0) is 31.7 Å². The molecular formula is C16H28OSi. The molecule has 1 aliphatic rings. The number of hydrogen-bond acceptors (Lipinski definition) is 1. The molecular weight excluding hydrogens is 236 g/mol. The second kappa shape index (κ2) is 6.53. The van der Waals surface area contributed by atoms with Gasteiger partial charge in [0.15, 0.2) is 0 Å². The van der Waals surface area contributed by atoms with Crippen molar-refractivity contribution < 1.29 is 5.11 Å². The molecule has 0 unspecified atom stereocenters. The van der Waals surface area contributed by atoms with Crippen LogP contribution in [0.1, 0.15) is 26.2 Å². The summed E-state index contributed by atoms with van der Waals surface area (Å²) in [6.45, 7) is 9.81. The molecule has 18 heavy (non-hydrogen) atoms. The van der Waals surface area contributed by atoms with Crippen molar-refractivity contribution in [2.75, 3.05) is 6.61 Å². The van der Waals surface area contributed by atoms with Crippen LogP contribution in [0, 0.1) is 5.41 Å². The molecule has 0 fully saturated rings. The Morgan fingerprint density at radius 3 is 2.28 bits per heavy atom. The van der Waals surface area contributed by atoms with Crippen molar-refractivity contribution in [2.45, 2.75) is 51.4 Å². The number of unbranched alkanes of at least 4 members (excludes halogenated alkanes) is 2. The minimum absolute atomic E-state index is 0.0926.